The third-order valence-electron chi connectivity index (χ3n) is 5.10. The molecule has 1 atom stereocenters. The molecule has 3 rings (SSSR count). The summed E-state index contributed by atoms with van der Waals surface area (Å²) < 4.78 is 5.23. The van der Waals surface area contributed by atoms with Crippen LogP contribution in [0.4, 0.5) is 16.3 Å². The van der Waals surface area contributed by atoms with Crippen molar-refractivity contribution in [1.29, 1.82) is 0 Å². The number of carbonyl (C=O) groups excluding carboxylic acids is 3. The molecule has 1 aromatic carbocycles. The number of amides is 3. The summed E-state index contributed by atoms with van der Waals surface area (Å²) >= 11 is 0. The van der Waals surface area contributed by atoms with E-state index in [0.29, 0.717) is 23.6 Å². The first-order chi connectivity index (χ1) is 15.1. The highest BCUT2D eigenvalue weighted by Crippen LogP contribution is 2.31. The number of piperidine rings is 1. The number of pyridine rings is 1. The Bertz CT molecular complexity index is 985. The van der Waals surface area contributed by atoms with Gasteiger partial charge in [0, 0.05) is 6.54 Å². The van der Waals surface area contributed by atoms with Gasteiger partial charge in [0.05, 0.1) is 17.9 Å². The van der Waals surface area contributed by atoms with Crippen molar-refractivity contribution in [2.24, 2.45) is 0 Å². The van der Waals surface area contributed by atoms with Crippen LogP contribution in [-0.4, -0.2) is 39.9 Å². The van der Waals surface area contributed by atoms with Crippen LogP contribution in [-0.2, 0) is 14.3 Å². The van der Waals surface area contributed by atoms with Gasteiger partial charge in [0.25, 0.3) is 0 Å². The molecule has 1 saturated heterocycles. The molecule has 8 nitrogen and oxygen atoms in total. The van der Waals surface area contributed by atoms with Crippen molar-refractivity contribution in [2.45, 2.75) is 58.6 Å². The number of nitrogens with one attached hydrogen (secondary N) is 2. The number of anilines is 2. The van der Waals surface area contributed by atoms with Gasteiger partial charge < -0.3 is 15.0 Å². The Hall–Kier alpha value is -3.42. The molecular weight excluding hydrogens is 408 g/mol. The SMILES string of the molecule is Cc1cc(NC(=O)C(=O)N2CCCCC2c2ccccc2)cnc1NC(=O)OC(C)(C)C. The second kappa shape index (κ2) is 9.80. The van der Waals surface area contributed by atoms with Gasteiger partial charge in [-0.15, -0.1) is 0 Å². The monoisotopic (exact) mass is 438 g/mol. The summed E-state index contributed by atoms with van der Waals surface area (Å²) in [5.74, 6) is -0.946. The molecule has 170 valence electrons. The van der Waals surface area contributed by atoms with Crippen LogP contribution in [0.15, 0.2) is 42.6 Å². The second-order valence-electron chi connectivity index (χ2n) is 8.89. The van der Waals surface area contributed by atoms with Crippen LogP contribution in [0.5, 0.6) is 0 Å². The first-order valence-corrected chi connectivity index (χ1v) is 10.8. The maximum Gasteiger partial charge on any atom is 0.413 e. The lowest BCUT2D eigenvalue weighted by Crippen LogP contribution is -2.44. The lowest BCUT2D eigenvalue weighted by molar-refractivity contribution is -0.145. The van der Waals surface area contributed by atoms with E-state index in [2.05, 4.69) is 15.6 Å². The highest BCUT2D eigenvalue weighted by molar-refractivity contribution is 6.39. The predicted octanol–water partition coefficient (Wildman–Crippen LogP) is 4.43. The van der Waals surface area contributed by atoms with Crippen molar-refractivity contribution in [3.05, 3.63) is 53.7 Å². The maximum absolute atomic E-state index is 12.9. The summed E-state index contributed by atoms with van der Waals surface area (Å²) in [5, 5.41) is 5.22. The molecule has 1 aromatic heterocycles. The number of hydrogen-bond acceptors (Lipinski definition) is 5. The van der Waals surface area contributed by atoms with E-state index >= 15 is 0 Å². The quantitative estimate of drug-likeness (QED) is 0.691. The Kier molecular flexibility index (Phi) is 7.12. The molecule has 1 fully saturated rings. The van der Waals surface area contributed by atoms with Crippen LogP contribution in [0.1, 0.15) is 57.2 Å². The summed E-state index contributed by atoms with van der Waals surface area (Å²) in [4.78, 5) is 43.4. The van der Waals surface area contributed by atoms with E-state index in [-0.39, 0.29) is 6.04 Å². The first-order valence-electron chi connectivity index (χ1n) is 10.8. The number of nitrogens with zero attached hydrogens (tertiary/aromatic N) is 2. The number of hydrogen-bond donors (Lipinski definition) is 2. The van der Waals surface area contributed by atoms with Crippen molar-refractivity contribution in [3.63, 3.8) is 0 Å². The van der Waals surface area contributed by atoms with Crippen LogP contribution >= 0.6 is 0 Å². The minimum absolute atomic E-state index is 0.108. The number of benzene rings is 1. The smallest absolute Gasteiger partial charge is 0.413 e. The molecule has 2 heterocycles. The fourth-order valence-electron chi connectivity index (χ4n) is 3.69. The van der Waals surface area contributed by atoms with E-state index in [1.807, 2.05) is 30.3 Å². The Morgan fingerprint density at radius 2 is 1.81 bits per heavy atom. The van der Waals surface area contributed by atoms with Gasteiger partial charge in [-0.1, -0.05) is 30.3 Å². The van der Waals surface area contributed by atoms with Crippen LogP contribution in [0, 0.1) is 6.92 Å². The maximum atomic E-state index is 12.9. The fraction of sp³-hybridized carbons (Fsp3) is 0.417. The molecule has 0 spiro atoms. The zero-order chi connectivity index (χ0) is 23.3. The summed E-state index contributed by atoms with van der Waals surface area (Å²) in [6.45, 7) is 7.60. The van der Waals surface area contributed by atoms with Gasteiger partial charge in [0.15, 0.2) is 0 Å². The minimum Gasteiger partial charge on any atom is -0.444 e. The van der Waals surface area contributed by atoms with Crippen LogP contribution in [0.25, 0.3) is 0 Å². The Morgan fingerprint density at radius 3 is 2.47 bits per heavy atom. The molecule has 0 aliphatic carbocycles. The van der Waals surface area contributed by atoms with Gasteiger partial charge in [0.2, 0.25) is 0 Å². The average Bonchev–Trinajstić information content (AvgIpc) is 2.74. The van der Waals surface area contributed by atoms with Gasteiger partial charge in [-0.3, -0.25) is 14.9 Å². The van der Waals surface area contributed by atoms with Crippen molar-refractivity contribution in [1.82, 2.24) is 9.88 Å². The Labute approximate surface area is 188 Å². The van der Waals surface area contributed by atoms with E-state index in [1.165, 1.54) is 6.20 Å². The number of ether oxygens (including phenoxy) is 1. The summed E-state index contributed by atoms with van der Waals surface area (Å²) in [6.07, 6.45) is 3.50. The van der Waals surface area contributed by atoms with Gasteiger partial charge in [-0.25, -0.2) is 9.78 Å². The molecule has 1 unspecified atom stereocenters. The molecule has 2 aromatic rings. The fourth-order valence-corrected chi connectivity index (χ4v) is 3.69. The molecule has 8 heteroatoms. The minimum atomic E-state index is -0.707. The molecule has 3 amide bonds. The lowest BCUT2D eigenvalue weighted by atomic mass is 9.95. The molecule has 0 bridgehead atoms. The number of aryl methyl sites for hydroxylation is 1. The second-order valence-corrected chi connectivity index (χ2v) is 8.89. The topological polar surface area (TPSA) is 101 Å². The van der Waals surface area contributed by atoms with E-state index < -0.39 is 23.5 Å². The normalized spacial score (nSPS) is 16.2. The third kappa shape index (κ3) is 6.06. The highest BCUT2D eigenvalue weighted by atomic mass is 16.6. The summed E-state index contributed by atoms with van der Waals surface area (Å²) in [6, 6.07) is 11.3. The molecular formula is C24H30N4O4. The lowest BCUT2D eigenvalue weighted by Gasteiger charge is -2.35. The number of carbonyl (C=O) groups is 3. The standard InChI is InChI=1S/C24H30N4O4/c1-16-14-18(15-25-20(16)27-23(31)32-24(2,3)4)26-21(29)22(30)28-13-9-8-12-19(28)17-10-6-5-7-11-17/h5-7,10-11,14-15,19H,8-9,12-13H2,1-4H3,(H,26,29)(H,25,27,31). The van der Waals surface area contributed by atoms with Gasteiger partial charge in [0.1, 0.15) is 11.4 Å². The van der Waals surface area contributed by atoms with E-state index in [4.69, 9.17) is 4.74 Å². The van der Waals surface area contributed by atoms with Crippen LogP contribution in [0.3, 0.4) is 0 Å². The largest absolute Gasteiger partial charge is 0.444 e. The Morgan fingerprint density at radius 1 is 1.09 bits per heavy atom. The summed E-state index contributed by atoms with van der Waals surface area (Å²) in [7, 11) is 0. The molecule has 0 radical (unpaired) electrons. The van der Waals surface area contributed by atoms with Crippen molar-refractivity contribution >= 4 is 29.4 Å². The van der Waals surface area contributed by atoms with E-state index in [0.717, 1.165) is 24.8 Å². The average molecular weight is 439 g/mol. The summed E-state index contributed by atoms with van der Waals surface area (Å²) in [5.41, 5.74) is 1.41. The Balaban J connectivity index is 1.66. The zero-order valence-corrected chi connectivity index (χ0v) is 19.0. The zero-order valence-electron chi connectivity index (χ0n) is 19.0. The molecule has 2 N–H and O–H groups in total. The first kappa shape index (κ1) is 23.2. The van der Waals surface area contributed by atoms with Crippen molar-refractivity contribution < 1.29 is 19.1 Å². The highest BCUT2D eigenvalue weighted by Gasteiger charge is 2.31. The van der Waals surface area contributed by atoms with Gasteiger partial charge in [-0.05, 0) is 64.2 Å². The predicted molar refractivity (Wildman–Crippen MR) is 122 cm³/mol. The molecule has 0 saturated carbocycles. The van der Waals surface area contributed by atoms with Gasteiger partial charge in [-0.2, -0.15) is 0 Å². The molecule has 32 heavy (non-hydrogen) atoms. The third-order valence-corrected chi connectivity index (χ3v) is 5.10. The van der Waals surface area contributed by atoms with Crippen molar-refractivity contribution in [2.75, 3.05) is 17.2 Å². The molecule has 1 aliphatic heterocycles. The van der Waals surface area contributed by atoms with Crippen LogP contribution < -0.4 is 10.6 Å². The van der Waals surface area contributed by atoms with Crippen molar-refractivity contribution in [3.8, 4) is 0 Å². The molecule has 1 aliphatic rings. The van der Waals surface area contributed by atoms with E-state index in [9.17, 15) is 14.4 Å². The van der Waals surface area contributed by atoms with Gasteiger partial charge >= 0.3 is 17.9 Å². The van der Waals surface area contributed by atoms with E-state index in [1.54, 1.807) is 38.7 Å². The number of rotatable bonds is 3. The van der Waals surface area contributed by atoms with Crippen LogP contribution in [0.2, 0.25) is 0 Å². The number of aromatic nitrogens is 1. The number of likely N-dealkylation sites (tertiary alicyclic amines) is 1.